The van der Waals surface area contributed by atoms with Crippen LogP contribution in [0.2, 0.25) is 0 Å². The lowest BCUT2D eigenvalue weighted by Gasteiger charge is -2.16. The fraction of sp³-hybridized carbons (Fsp3) is 0. The summed E-state index contributed by atoms with van der Waals surface area (Å²) < 4.78 is 4.73. The molecule has 0 unspecified atom stereocenters. The van der Waals surface area contributed by atoms with E-state index in [0.717, 1.165) is 93.8 Å². The molecule has 5 heteroatoms. The monoisotopic (exact) mass is 867 g/mol. The van der Waals surface area contributed by atoms with Crippen molar-refractivity contribution in [2.24, 2.45) is 0 Å². The Bertz CT molecular complexity index is 3970. The number of hydrogen-bond acceptors (Lipinski definition) is 3. The van der Waals surface area contributed by atoms with Crippen molar-refractivity contribution < 1.29 is 0 Å². The van der Waals surface area contributed by atoms with Crippen molar-refractivity contribution in [3.05, 3.63) is 249 Å². The second-order valence-corrected chi connectivity index (χ2v) is 17.2. The number of benzene rings is 10. The maximum absolute atomic E-state index is 5.43. The Kier molecular flexibility index (Phi) is 9.43. The van der Waals surface area contributed by atoms with Crippen molar-refractivity contribution >= 4 is 43.6 Å². The molecule has 3 heterocycles. The highest BCUT2D eigenvalue weighted by Crippen LogP contribution is 2.44. The summed E-state index contributed by atoms with van der Waals surface area (Å²) in [5.41, 5.74) is 16.4. The Labute approximate surface area is 393 Å². The van der Waals surface area contributed by atoms with Gasteiger partial charge < -0.3 is 4.57 Å². The third kappa shape index (κ3) is 6.68. The molecule has 318 valence electrons. The zero-order chi connectivity index (χ0) is 45.0. The van der Waals surface area contributed by atoms with Gasteiger partial charge >= 0.3 is 0 Å². The van der Waals surface area contributed by atoms with E-state index in [2.05, 4.69) is 234 Å². The summed E-state index contributed by atoms with van der Waals surface area (Å²) in [6.45, 7) is 0. The van der Waals surface area contributed by atoms with Crippen LogP contribution >= 0.6 is 0 Å². The molecule has 0 N–H and O–H groups in total. The van der Waals surface area contributed by atoms with Crippen molar-refractivity contribution in [2.45, 2.75) is 0 Å². The lowest BCUT2D eigenvalue weighted by atomic mass is 9.97. The van der Waals surface area contributed by atoms with Crippen LogP contribution in [0.25, 0.3) is 123 Å². The van der Waals surface area contributed by atoms with Gasteiger partial charge in [0.15, 0.2) is 11.6 Å². The van der Waals surface area contributed by atoms with Crippen LogP contribution in [0.5, 0.6) is 0 Å². The quantitative estimate of drug-likeness (QED) is 0.153. The molecular formula is C63H41N5. The summed E-state index contributed by atoms with van der Waals surface area (Å²) in [4.78, 5) is 16.0. The van der Waals surface area contributed by atoms with E-state index in [1.54, 1.807) is 0 Å². The van der Waals surface area contributed by atoms with Crippen molar-refractivity contribution in [3.63, 3.8) is 0 Å². The van der Waals surface area contributed by atoms with E-state index in [1.807, 2.05) is 24.3 Å². The van der Waals surface area contributed by atoms with E-state index < -0.39 is 0 Å². The highest BCUT2D eigenvalue weighted by molar-refractivity contribution is 6.26. The molecule has 0 fully saturated rings. The van der Waals surface area contributed by atoms with Crippen molar-refractivity contribution in [1.29, 1.82) is 0 Å². The first-order valence-corrected chi connectivity index (χ1v) is 23.0. The third-order valence-electron chi connectivity index (χ3n) is 13.2. The van der Waals surface area contributed by atoms with Crippen LogP contribution in [-0.2, 0) is 0 Å². The molecule has 0 aliphatic carbocycles. The van der Waals surface area contributed by atoms with E-state index in [1.165, 1.54) is 11.1 Å². The number of rotatable bonds is 8. The molecule has 0 radical (unpaired) electrons. The lowest BCUT2D eigenvalue weighted by molar-refractivity contribution is 0.955. The minimum absolute atomic E-state index is 0.551. The molecule has 0 amide bonds. The Morgan fingerprint density at radius 3 is 1.34 bits per heavy atom. The summed E-state index contributed by atoms with van der Waals surface area (Å²) in [6, 6.07) is 88.3. The molecule has 0 atom stereocenters. The number of fused-ring (bicyclic) bond motifs is 7. The summed E-state index contributed by atoms with van der Waals surface area (Å²) in [5, 5.41) is 4.50. The van der Waals surface area contributed by atoms with E-state index in [9.17, 15) is 0 Å². The van der Waals surface area contributed by atoms with Gasteiger partial charge in [0.1, 0.15) is 0 Å². The summed E-state index contributed by atoms with van der Waals surface area (Å²) in [6.07, 6.45) is 0. The molecule has 0 saturated carbocycles. The van der Waals surface area contributed by atoms with E-state index >= 15 is 0 Å². The Balaban J connectivity index is 1.12. The largest absolute Gasteiger partial charge is 0.309 e. The van der Waals surface area contributed by atoms with E-state index in [-0.39, 0.29) is 0 Å². The molecule has 0 bridgehead atoms. The van der Waals surface area contributed by atoms with Gasteiger partial charge in [-0.3, -0.25) is 4.57 Å². The highest BCUT2D eigenvalue weighted by Gasteiger charge is 2.25. The van der Waals surface area contributed by atoms with Gasteiger partial charge in [-0.15, -0.1) is 0 Å². The molecule has 0 aliphatic rings. The molecule has 0 aliphatic heterocycles. The number of para-hydroxylation sites is 1. The third-order valence-corrected chi connectivity index (χ3v) is 13.2. The fourth-order valence-corrected chi connectivity index (χ4v) is 9.98. The average Bonchev–Trinajstić information content (AvgIpc) is 3.94. The average molecular weight is 868 g/mol. The second kappa shape index (κ2) is 16.4. The van der Waals surface area contributed by atoms with Gasteiger partial charge in [-0.25, -0.2) is 4.98 Å². The van der Waals surface area contributed by atoms with Gasteiger partial charge in [0.05, 0.1) is 27.8 Å². The van der Waals surface area contributed by atoms with Crippen LogP contribution in [-0.4, -0.2) is 24.1 Å². The first-order chi connectivity index (χ1) is 33.7. The van der Waals surface area contributed by atoms with Crippen molar-refractivity contribution in [2.75, 3.05) is 0 Å². The molecule has 13 aromatic rings. The minimum Gasteiger partial charge on any atom is -0.309 e. The Morgan fingerprint density at radius 1 is 0.265 bits per heavy atom. The van der Waals surface area contributed by atoms with Gasteiger partial charge in [-0.05, 0) is 75.3 Å². The van der Waals surface area contributed by atoms with Crippen LogP contribution in [0.15, 0.2) is 249 Å². The molecule has 10 aromatic carbocycles. The van der Waals surface area contributed by atoms with Crippen LogP contribution in [0.4, 0.5) is 0 Å². The molecule has 5 nitrogen and oxygen atoms in total. The summed E-state index contributed by atoms with van der Waals surface area (Å²) in [5.74, 6) is 1.76. The van der Waals surface area contributed by atoms with Gasteiger partial charge in [0.25, 0.3) is 0 Å². The summed E-state index contributed by atoms with van der Waals surface area (Å²) >= 11 is 0. The number of aromatic nitrogens is 5. The molecule has 3 aromatic heterocycles. The molecule has 0 saturated heterocycles. The van der Waals surface area contributed by atoms with Crippen LogP contribution < -0.4 is 0 Å². The van der Waals surface area contributed by atoms with Crippen LogP contribution in [0, 0.1) is 0 Å². The topological polar surface area (TPSA) is 48.5 Å². The zero-order valence-corrected chi connectivity index (χ0v) is 36.9. The smallest absolute Gasteiger partial charge is 0.238 e. The van der Waals surface area contributed by atoms with Gasteiger partial charge in [0, 0.05) is 38.2 Å². The first-order valence-electron chi connectivity index (χ1n) is 23.0. The SMILES string of the molecule is c1ccc(-c2ccc(-c3nc(-c4ccccc4)nc(-n4c5ccc(-c6ccccc6)cc5c5ccc6c(c7ccccc7n6-c6ccc(-c7ccccc7)cc6-c6ccccc6)c54)n3)cc2)cc1. The summed E-state index contributed by atoms with van der Waals surface area (Å²) in [7, 11) is 0. The molecule has 13 rings (SSSR count). The van der Waals surface area contributed by atoms with E-state index in [0.29, 0.717) is 17.6 Å². The Morgan fingerprint density at radius 2 is 0.706 bits per heavy atom. The maximum atomic E-state index is 5.43. The first kappa shape index (κ1) is 39.2. The maximum Gasteiger partial charge on any atom is 0.238 e. The van der Waals surface area contributed by atoms with Gasteiger partial charge in [-0.1, -0.05) is 212 Å². The van der Waals surface area contributed by atoms with Crippen LogP contribution in [0.1, 0.15) is 0 Å². The zero-order valence-electron chi connectivity index (χ0n) is 36.9. The van der Waals surface area contributed by atoms with Crippen molar-refractivity contribution in [3.8, 4) is 78.9 Å². The number of nitrogens with zero attached hydrogens (tertiary/aromatic N) is 5. The fourth-order valence-electron chi connectivity index (χ4n) is 9.98. The van der Waals surface area contributed by atoms with Crippen molar-refractivity contribution in [1.82, 2.24) is 24.1 Å². The predicted octanol–water partition coefficient (Wildman–Crippen LogP) is 16.1. The Hall–Kier alpha value is -9.19. The standard InChI is InChI=1S/C63H41N5/c1-6-18-42(19-7-1)45-30-32-48(33-31-45)62-64-61(47-26-14-5-15-27-47)65-63(66-62)68-57-38-35-50(44-22-10-3-11-23-44)41-54(57)51-36-39-58-59(60(51)68)52-28-16-17-29-55(52)67(58)56-37-34-49(43-20-8-2-9-21-43)40-53(56)46-24-12-4-13-25-46/h1-41H. The van der Waals surface area contributed by atoms with Crippen LogP contribution in [0.3, 0.4) is 0 Å². The normalized spacial score (nSPS) is 11.5. The highest BCUT2D eigenvalue weighted by atomic mass is 15.2. The molecule has 0 spiro atoms. The van der Waals surface area contributed by atoms with E-state index in [4.69, 9.17) is 15.0 Å². The van der Waals surface area contributed by atoms with Gasteiger partial charge in [-0.2, -0.15) is 9.97 Å². The minimum atomic E-state index is 0.551. The number of hydrogen-bond donors (Lipinski definition) is 0. The molecular weight excluding hydrogens is 827 g/mol. The molecule has 68 heavy (non-hydrogen) atoms. The lowest BCUT2D eigenvalue weighted by Crippen LogP contribution is -2.06. The second-order valence-electron chi connectivity index (χ2n) is 17.2. The predicted molar refractivity (Wildman–Crippen MR) is 281 cm³/mol. The van der Waals surface area contributed by atoms with Gasteiger partial charge in [0.2, 0.25) is 5.95 Å².